The second-order valence-electron chi connectivity index (χ2n) is 8.07. The van der Waals surface area contributed by atoms with E-state index in [0.29, 0.717) is 23.8 Å². The Kier molecular flexibility index (Phi) is 4.95. The molecule has 0 saturated carbocycles. The maximum Gasteiger partial charge on any atom is 0.211 e. The Morgan fingerprint density at radius 3 is 3.03 bits per heavy atom. The summed E-state index contributed by atoms with van der Waals surface area (Å²) in [6.45, 7) is 2.20. The maximum absolute atomic E-state index is 13.5. The molecular formula is C24H22FN3OS. The Bertz CT molecular complexity index is 1200. The summed E-state index contributed by atoms with van der Waals surface area (Å²) in [5, 5.41) is 5.12. The number of ketones is 1. The summed E-state index contributed by atoms with van der Waals surface area (Å²) in [6.07, 6.45) is 6.66. The number of rotatable bonds is 6. The zero-order valence-electron chi connectivity index (χ0n) is 16.7. The lowest BCUT2D eigenvalue weighted by Gasteiger charge is -2.20. The molecule has 0 aliphatic heterocycles. The van der Waals surface area contributed by atoms with Crippen molar-refractivity contribution in [2.75, 3.05) is 0 Å². The topological polar surface area (TPSA) is 47.8 Å². The highest BCUT2D eigenvalue weighted by molar-refractivity contribution is 7.20. The minimum atomic E-state index is -0.164. The van der Waals surface area contributed by atoms with Gasteiger partial charge < -0.3 is 0 Å². The van der Waals surface area contributed by atoms with Crippen LogP contribution < -0.4 is 0 Å². The van der Waals surface area contributed by atoms with Gasteiger partial charge in [0.25, 0.3) is 0 Å². The predicted molar refractivity (Wildman–Crippen MR) is 117 cm³/mol. The molecule has 2 aromatic carbocycles. The van der Waals surface area contributed by atoms with Crippen LogP contribution >= 0.6 is 11.3 Å². The van der Waals surface area contributed by atoms with E-state index in [4.69, 9.17) is 0 Å². The SMILES string of the molecule is CC(CCC(=O)c1cnn(-c2nc3ccccc3s2)c1)[C@@H]1CCc2cc(F)ccc21. The zero-order valence-corrected chi connectivity index (χ0v) is 17.5. The number of halogens is 1. The number of aromatic nitrogens is 3. The van der Waals surface area contributed by atoms with Gasteiger partial charge in [-0.05, 0) is 66.5 Å². The van der Waals surface area contributed by atoms with Crippen molar-refractivity contribution in [2.24, 2.45) is 5.92 Å². The van der Waals surface area contributed by atoms with Gasteiger partial charge >= 0.3 is 0 Å². The second-order valence-corrected chi connectivity index (χ2v) is 9.07. The number of nitrogens with zero attached hydrogens (tertiary/aromatic N) is 3. The number of carbonyl (C=O) groups excluding carboxylic acids is 1. The normalized spacial score (nSPS) is 16.7. The summed E-state index contributed by atoms with van der Waals surface area (Å²) in [7, 11) is 0. The molecule has 2 atom stereocenters. The molecule has 0 fully saturated rings. The average molecular weight is 420 g/mol. The molecule has 6 heteroatoms. The number of fused-ring (bicyclic) bond motifs is 2. The van der Waals surface area contributed by atoms with Gasteiger partial charge in [0.1, 0.15) is 5.82 Å². The Hall–Kier alpha value is -2.86. The monoisotopic (exact) mass is 419 g/mol. The number of Topliss-reactive ketones (excluding diaryl/α,β-unsaturated/α-hetero) is 1. The van der Waals surface area contributed by atoms with E-state index < -0.39 is 0 Å². The third-order valence-electron chi connectivity index (χ3n) is 6.13. The first-order chi connectivity index (χ1) is 14.6. The average Bonchev–Trinajstić information content (AvgIpc) is 3.48. The molecule has 30 heavy (non-hydrogen) atoms. The fourth-order valence-electron chi connectivity index (χ4n) is 4.44. The number of carbonyl (C=O) groups is 1. The lowest BCUT2D eigenvalue weighted by Crippen LogP contribution is -2.09. The number of hydrogen-bond acceptors (Lipinski definition) is 4. The molecule has 0 radical (unpaired) electrons. The lowest BCUT2D eigenvalue weighted by molar-refractivity contribution is 0.0972. The predicted octanol–water partition coefficient (Wildman–Crippen LogP) is 5.95. The van der Waals surface area contributed by atoms with Gasteiger partial charge in [-0.2, -0.15) is 5.10 Å². The van der Waals surface area contributed by atoms with Gasteiger partial charge in [-0.3, -0.25) is 4.79 Å². The first kappa shape index (κ1) is 19.1. The van der Waals surface area contributed by atoms with Gasteiger partial charge in [0.2, 0.25) is 5.13 Å². The van der Waals surface area contributed by atoms with Crippen LogP contribution in [0.1, 0.15) is 53.6 Å². The molecule has 0 saturated heterocycles. The second kappa shape index (κ2) is 7.76. The van der Waals surface area contributed by atoms with Gasteiger partial charge in [0.05, 0.1) is 22.0 Å². The highest BCUT2D eigenvalue weighted by atomic mass is 32.1. The van der Waals surface area contributed by atoms with Crippen LogP contribution in [0.5, 0.6) is 0 Å². The summed E-state index contributed by atoms with van der Waals surface area (Å²) < 4.78 is 16.2. The van der Waals surface area contributed by atoms with E-state index >= 15 is 0 Å². The van der Waals surface area contributed by atoms with Crippen LogP contribution in [0.3, 0.4) is 0 Å². The lowest BCUT2D eigenvalue weighted by atomic mass is 9.85. The van der Waals surface area contributed by atoms with E-state index in [2.05, 4.69) is 17.0 Å². The third kappa shape index (κ3) is 3.56. The Labute approximate surface area is 178 Å². The van der Waals surface area contributed by atoms with Crippen molar-refractivity contribution in [2.45, 2.75) is 38.5 Å². The van der Waals surface area contributed by atoms with Crippen LogP contribution in [-0.2, 0) is 6.42 Å². The van der Waals surface area contributed by atoms with Crippen molar-refractivity contribution in [1.29, 1.82) is 0 Å². The van der Waals surface area contributed by atoms with Crippen molar-refractivity contribution in [1.82, 2.24) is 14.8 Å². The molecule has 2 aromatic heterocycles. The molecule has 152 valence electrons. The van der Waals surface area contributed by atoms with Crippen molar-refractivity contribution >= 4 is 27.3 Å². The van der Waals surface area contributed by atoms with Gasteiger partial charge in [-0.25, -0.2) is 14.1 Å². The van der Waals surface area contributed by atoms with Crippen molar-refractivity contribution in [3.63, 3.8) is 0 Å². The number of benzene rings is 2. The van der Waals surface area contributed by atoms with E-state index in [9.17, 15) is 9.18 Å². The van der Waals surface area contributed by atoms with Crippen molar-refractivity contribution in [3.05, 3.63) is 77.4 Å². The fraction of sp³-hybridized carbons (Fsp3) is 0.292. The summed E-state index contributed by atoms with van der Waals surface area (Å²) >= 11 is 1.56. The molecule has 0 N–H and O–H groups in total. The van der Waals surface area contributed by atoms with E-state index in [1.807, 2.05) is 30.3 Å². The third-order valence-corrected chi connectivity index (χ3v) is 7.15. The first-order valence-corrected chi connectivity index (χ1v) is 11.1. The molecule has 0 bridgehead atoms. The Morgan fingerprint density at radius 1 is 1.30 bits per heavy atom. The standard InChI is InChI=1S/C24H22FN3OS/c1-15(19-9-7-16-12-18(25)8-10-20(16)19)6-11-22(29)17-13-26-28(14-17)24-27-21-4-2-3-5-23(21)30-24/h2-5,8,10,12-15,19H,6-7,9,11H2,1H3/t15?,19-/m0/s1. The number of thiazole rings is 1. The molecular weight excluding hydrogens is 397 g/mol. The summed E-state index contributed by atoms with van der Waals surface area (Å²) in [6, 6.07) is 13.1. The van der Waals surface area contributed by atoms with Gasteiger partial charge in [-0.1, -0.05) is 36.5 Å². The van der Waals surface area contributed by atoms with Crippen LogP contribution in [0, 0.1) is 11.7 Å². The number of para-hydroxylation sites is 1. The number of aryl methyl sites for hydroxylation is 1. The van der Waals surface area contributed by atoms with Crippen LogP contribution in [0.4, 0.5) is 4.39 Å². The van der Waals surface area contributed by atoms with Gasteiger partial charge in [0, 0.05) is 12.6 Å². The van der Waals surface area contributed by atoms with E-state index in [1.54, 1.807) is 40.5 Å². The van der Waals surface area contributed by atoms with Gasteiger partial charge in [0.15, 0.2) is 5.78 Å². The van der Waals surface area contributed by atoms with Crippen LogP contribution in [0.15, 0.2) is 54.9 Å². The van der Waals surface area contributed by atoms with Crippen molar-refractivity contribution < 1.29 is 9.18 Å². The van der Waals surface area contributed by atoms with Crippen LogP contribution in [0.2, 0.25) is 0 Å². The molecule has 4 nitrogen and oxygen atoms in total. The largest absolute Gasteiger partial charge is 0.294 e. The highest BCUT2D eigenvalue weighted by Crippen LogP contribution is 2.40. The molecule has 2 heterocycles. The quantitative estimate of drug-likeness (QED) is 0.363. The van der Waals surface area contributed by atoms with E-state index in [1.165, 1.54) is 5.56 Å². The molecule has 1 aliphatic rings. The van der Waals surface area contributed by atoms with E-state index in [-0.39, 0.29) is 11.6 Å². The molecule has 5 rings (SSSR count). The number of hydrogen-bond donors (Lipinski definition) is 0. The molecule has 0 amide bonds. The molecule has 1 unspecified atom stereocenters. The Morgan fingerprint density at radius 2 is 2.17 bits per heavy atom. The van der Waals surface area contributed by atoms with Crippen molar-refractivity contribution in [3.8, 4) is 5.13 Å². The summed E-state index contributed by atoms with van der Waals surface area (Å²) in [4.78, 5) is 17.3. The maximum atomic E-state index is 13.5. The van der Waals surface area contributed by atoms with Gasteiger partial charge in [-0.15, -0.1) is 0 Å². The first-order valence-electron chi connectivity index (χ1n) is 10.3. The Balaban J connectivity index is 1.24. The summed E-state index contributed by atoms with van der Waals surface area (Å²) in [5.41, 5.74) is 3.93. The molecule has 4 aromatic rings. The van der Waals surface area contributed by atoms with Crippen LogP contribution in [0.25, 0.3) is 15.3 Å². The smallest absolute Gasteiger partial charge is 0.211 e. The highest BCUT2D eigenvalue weighted by Gasteiger charge is 2.28. The molecule has 1 aliphatic carbocycles. The summed E-state index contributed by atoms with van der Waals surface area (Å²) in [5.74, 6) is 0.716. The fourth-order valence-corrected chi connectivity index (χ4v) is 5.34. The van der Waals surface area contributed by atoms with Crippen LogP contribution in [-0.4, -0.2) is 20.5 Å². The zero-order chi connectivity index (χ0) is 20.7. The van der Waals surface area contributed by atoms with E-state index in [0.717, 1.165) is 40.2 Å². The molecule has 0 spiro atoms. The minimum absolute atomic E-state index is 0.103. The minimum Gasteiger partial charge on any atom is -0.294 e.